The quantitative estimate of drug-likeness (QED) is 0.780. The minimum Gasteiger partial charge on any atom is -0.306 e. The van der Waals surface area contributed by atoms with Crippen molar-refractivity contribution in [3.63, 3.8) is 0 Å². The molecule has 0 heterocycles. The molecule has 0 fully saturated rings. The lowest BCUT2D eigenvalue weighted by atomic mass is 9.95. The summed E-state index contributed by atoms with van der Waals surface area (Å²) in [7, 11) is 0. The van der Waals surface area contributed by atoms with E-state index in [1.165, 1.54) is 11.1 Å². The van der Waals surface area contributed by atoms with E-state index in [-0.39, 0.29) is 6.04 Å². The highest BCUT2D eigenvalue weighted by Gasteiger charge is 2.16. The number of hydrogen-bond donors (Lipinski definition) is 1. The summed E-state index contributed by atoms with van der Waals surface area (Å²) in [6.45, 7) is 5.22. The summed E-state index contributed by atoms with van der Waals surface area (Å²) in [5, 5.41) is 5.10. The van der Waals surface area contributed by atoms with Crippen molar-refractivity contribution in [1.29, 1.82) is 0 Å². The van der Waals surface area contributed by atoms with Crippen molar-refractivity contribution >= 4 is 23.2 Å². The predicted molar refractivity (Wildman–Crippen MR) is 87.8 cm³/mol. The van der Waals surface area contributed by atoms with Crippen molar-refractivity contribution < 1.29 is 0 Å². The third-order valence-electron chi connectivity index (χ3n) is 3.33. The molecule has 0 aliphatic carbocycles. The molecule has 106 valence electrons. The Bertz CT molecular complexity index is 581. The molecule has 0 aliphatic rings. The van der Waals surface area contributed by atoms with Crippen LogP contribution in [0.5, 0.6) is 0 Å². The highest BCUT2D eigenvalue weighted by molar-refractivity contribution is 6.31. The van der Waals surface area contributed by atoms with Gasteiger partial charge < -0.3 is 5.32 Å². The Morgan fingerprint density at radius 2 is 1.80 bits per heavy atom. The molecule has 0 saturated heterocycles. The summed E-state index contributed by atoms with van der Waals surface area (Å²) >= 11 is 12.3. The average Bonchev–Trinajstić information content (AvgIpc) is 2.43. The summed E-state index contributed by atoms with van der Waals surface area (Å²) in [4.78, 5) is 0. The SMILES string of the molecule is CCCNC(c1cccc(Cl)c1)c1cc(Cl)ccc1C. The van der Waals surface area contributed by atoms with Gasteiger partial charge in [-0.05, 0) is 60.8 Å². The number of hydrogen-bond acceptors (Lipinski definition) is 1. The van der Waals surface area contributed by atoms with E-state index in [0.717, 1.165) is 28.6 Å². The van der Waals surface area contributed by atoms with Crippen LogP contribution < -0.4 is 5.32 Å². The molecular weight excluding hydrogens is 289 g/mol. The van der Waals surface area contributed by atoms with Gasteiger partial charge in [-0.25, -0.2) is 0 Å². The monoisotopic (exact) mass is 307 g/mol. The summed E-state index contributed by atoms with van der Waals surface area (Å²) in [5.41, 5.74) is 3.59. The van der Waals surface area contributed by atoms with Gasteiger partial charge in [0.25, 0.3) is 0 Å². The molecular formula is C17H19Cl2N. The standard InChI is InChI=1S/C17H19Cl2N/c1-3-9-20-17(13-5-4-6-14(18)10-13)16-11-15(19)8-7-12(16)2/h4-8,10-11,17,20H,3,9H2,1-2H3. The maximum atomic E-state index is 6.16. The van der Waals surface area contributed by atoms with Crippen LogP contribution in [0.2, 0.25) is 10.0 Å². The Morgan fingerprint density at radius 3 is 2.50 bits per heavy atom. The van der Waals surface area contributed by atoms with Crippen LogP contribution in [0, 0.1) is 6.92 Å². The topological polar surface area (TPSA) is 12.0 Å². The second kappa shape index (κ2) is 7.12. The Kier molecular flexibility index (Phi) is 5.47. The van der Waals surface area contributed by atoms with Gasteiger partial charge in [0, 0.05) is 10.0 Å². The van der Waals surface area contributed by atoms with Gasteiger partial charge in [0.15, 0.2) is 0 Å². The highest BCUT2D eigenvalue weighted by Crippen LogP contribution is 2.28. The second-order valence-corrected chi connectivity index (χ2v) is 5.82. The van der Waals surface area contributed by atoms with E-state index < -0.39 is 0 Å². The molecule has 0 radical (unpaired) electrons. The first-order valence-electron chi connectivity index (χ1n) is 6.86. The molecule has 1 nitrogen and oxygen atoms in total. The van der Waals surface area contributed by atoms with E-state index in [1.54, 1.807) is 0 Å². The largest absolute Gasteiger partial charge is 0.306 e. The molecule has 0 aromatic heterocycles. The molecule has 1 unspecified atom stereocenters. The molecule has 0 bridgehead atoms. The van der Waals surface area contributed by atoms with Gasteiger partial charge in [0.1, 0.15) is 0 Å². The van der Waals surface area contributed by atoms with Crippen molar-refractivity contribution in [2.45, 2.75) is 26.3 Å². The molecule has 0 amide bonds. The zero-order valence-corrected chi connectivity index (χ0v) is 13.3. The minimum atomic E-state index is 0.118. The molecule has 0 saturated carbocycles. The fourth-order valence-corrected chi connectivity index (χ4v) is 2.68. The lowest BCUT2D eigenvalue weighted by molar-refractivity contribution is 0.596. The Balaban J connectivity index is 2.44. The average molecular weight is 308 g/mol. The third-order valence-corrected chi connectivity index (χ3v) is 3.80. The van der Waals surface area contributed by atoms with Crippen LogP contribution in [0.3, 0.4) is 0 Å². The highest BCUT2D eigenvalue weighted by atomic mass is 35.5. The first-order chi connectivity index (χ1) is 9.61. The molecule has 3 heteroatoms. The molecule has 2 aromatic carbocycles. The fourth-order valence-electron chi connectivity index (χ4n) is 2.30. The summed E-state index contributed by atoms with van der Waals surface area (Å²) in [6.07, 6.45) is 1.08. The molecule has 20 heavy (non-hydrogen) atoms. The van der Waals surface area contributed by atoms with Crippen LogP contribution in [-0.4, -0.2) is 6.54 Å². The lowest BCUT2D eigenvalue weighted by Crippen LogP contribution is -2.24. The van der Waals surface area contributed by atoms with Gasteiger partial charge in [-0.3, -0.25) is 0 Å². The van der Waals surface area contributed by atoms with E-state index in [4.69, 9.17) is 23.2 Å². The summed E-state index contributed by atoms with van der Waals surface area (Å²) < 4.78 is 0. The number of aryl methyl sites for hydroxylation is 1. The molecule has 1 atom stereocenters. The van der Waals surface area contributed by atoms with Gasteiger partial charge >= 0.3 is 0 Å². The molecule has 2 rings (SSSR count). The van der Waals surface area contributed by atoms with Gasteiger partial charge in [0.05, 0.1) is 6.04 Å². The number of rotatable bonds is 5. The third kappa shape index (κ3) is 3.76. The first kappa shape index (κ1) is 15.4. The maximum Gasteiger partial charge on any atom is 0.0580 e. The molecule has 0 spiro atoms. The molecule has 1 N–H and O–H groups in total. The smallest absolute Gasteiger partial charge is 0.0580 e. The number of nitrogens with one attached hydrogen (secondary N) is 1. The molecule has 0 aliphatic heterocycles. The van der Waals surface area contributed by atoms with Gasteiger partial charge in [-0.1, -0.05) is 48.3 Å². The van der Waals surface area contributed by atoms with Crippen LogP contribution >= 0.6 is 23.2 Å². The number of halogens is 2. The van der Waals surface area contributed by atoms with Crippen molar-refractivity contribution in [2.75, 3.05) is 6.54 Å². The maximum absolute atomic E-state index is 6.16. The zero-order chi connectivity index (χ0) is 14.5. The van der Waals surface area contributed by atoms with Crippen LogP contribution in [0.4, 0.5) is 0 Å². The van der Waals surface area contributed by atoms with Crippen molar-refractivity contribution in [3.05, 3.63) is 69.2 Å². The lowest BCUT2D eigenvalue weighted by Gasteiger charge is -2.22. The first-order valence-corrected chi connectivity index (χ1v) is 7.62. The molecule has 2 aromatic rings. The second-order valence-electron chi connectivity index (χ2n) is 4.94. The zero-order valence-electron chi connectivity index (χ0n) is 11.8. The number of benzene rings is 2. The van der Waals surface area contributed by atoms with Gasteiger partial charge in [-0.15, -0.1) is 0 Å². The Hall–Kier alpha value is -1.02. The minimum absolute atomic E-state index is 0.118. The fraction of sp³-hybridized carbons (Fsp3) is 0.294. The van der Waals surface area contributed by atoms with Crippen LogP contribution in [0.15, 0.2) is 42.5 Å². The van der Waals surface area contributed by atoms with E-state index in [2.05, 4.69) is 31.3 Å². The van der Waals surface area contributed by atoms with E-state index in [9.17, 15) is 0 Å². The van der Waals surface area contributed by atoms with E-state index in [0.29, 0.717) is 0 Å². The van der Waals surface area contributed by atoms with Crippen molar-refractivity contribution in [3.8, 4) is 0 Å². The van der Waals surface area contributed by atoms with E-state index in [1.807, 2.05) is 30.3 Å². The Labute approximate surface area is 130 Å². The van der Waals surface area contributed by atoms with Gasteiger partial charge in [0.2, 0.25) is 0 Å². The van der Waals surface area contributed by atoms with Crippen molar-refractivity contribution in [2.24, 2.45) is 0 Å². The summed E-state index contributed by atoms with van der Waals surface area (Å²) in [6, 6.07) is 14.1. The van der Waals surface area contributed by atoms with Crippen LogP contribution in [0.1, 0.15) is 36.1 Å². The normalized spacial score (nSPS) is 12.4. The van der Waals surface area contributed by atoms with Crippen LogP contribution in [0.25, 0.3) is 0 Å². The van der Waals surface area contributed by atoms with E-state index >= 15 is 0 Å². The predicted octanol–water partition coefficient (Wildman–Crippen LogP) is 5.39. The Morgan fingerprint density at radius 1 is 1.05 bits per heavy atom. The van der Waals surface area contributed by atoms with Crippen molar-refractivity contribution in [1.82, 2.24) is 5.32 Å². The summed E-state index contributed by atoms with van der Waals surface area (Å²) in [5.74, 6) is 0. The van der Waals surface area contributed by atoms with Gasteiger partial charge in [-0.2, -0.15) is 0 Å². The van der Waals surface area contributed by atoms with Crippen LogP contribution in [-0.2, 0) is 0 Å².